The van der Waals surface area contributed by atoms with Crippen LogP contribution in [-0.4, -0.2) is 36.3 Å². The molecule has 0 aromatic carbocycles. The fourth-order valence-corrected chi connectivity index (χ4v) is 2.31. The quantitative estimate of drug-likeness (QED) is 0.717. The van der Waals surface area contributed by atoms with E-state index in [-0.39, 0.29) is 0 Å². The normalized spacial score (nSPS) is 27.5. The molecule has 1 fully saturated rings. The van der Waals surface area contributed by atoms with Gasteiger partial charge in [-0.3, -0.25) is 4.79 Å². The van der Waals surface area contributed by atoms with Gasteiger partial charge in [0.05, 0.1) is 12.0 Å². The van der Waals surface area contributed by atoms with Gasteiger partial charge in [-0.05, 0) is 37.7 Å². The van der Waals surface area contributed by atoms with Crippen LogP contribution in [0.1, 0.15) is 25.7 Å². The van der Waals surface area contributed by atoms with Crippen LogP contribution in [0.2, 0.25) is 0 Å². The summed E-state index contributed by atoms with van der Waals surface area (Å²) >= 11 is 1.77. The molecule has 0 aliphatic carbocycles. The summed E-state index contributed by atoms with van der Waals surface area (Å²) in [6.45, 7) is 1.12. The molecule has 0 aromatic heterocycles. The summed E-state index contributed by atoms with van der Waals surface area (Å²) in [5, 5.41) is 9.20. The van der Waals surface area contributed by atoms with Gasteiger partial charge in [0.1, 0.15) is 0 Å². The smallest absolute Gasteiger partial charge is 0.311 e. The first-order chi connectivity index (χ1) is 6.71. The maximum atomic E-state index is 11.2. The predicted octanol–water partition coefficient (Wildman–Crippen LogP) is 2.01. The molecule has 4 heteroatoms. The zero-order valence-electron chi connectivity index (χ0n) is 8.62. The summed E-state index contributed by atoms with van der Waals surface area (Å²) in [4.78, 5) is 11.2. The number of rotatable bonds is 5. The zero-order valence-corrected chi connectivity index (χ0v) is 9.44. The Balaban J connectivity index is 2.47. The van der Waals surface area contributed by atoms with Crippen LogP contribution in [0.4, 0.5) is 0 Å². The molecule has 3 nitrogen and oxygen atoms in total. The van der Waals surface area contributed by atoms with E-state index in [0.29, 0.717) is 6.61 Å². The van der Waals surface area contributed by atoms with Crippen molar-refractivity contribution in [2.45, 2.75) is 25.7 Å². The third-order valence-electron chi connectivity index (χ3n) is 2.78. The Bertz CT molecular complexity index is 188. The molecule has 1 atom stereocenters. The molecule has 1 N–H and O–H groups in total. The van der Waals surface area contributed by atoms with Crippen molar-refractivity contribution in [3.8, 4) is 0 Å². The molecule has 0 saturated carbocycles. The lowest BCUT2D eigenvalue weighted by atomic mass is 9.79. The van der Waals surface area contributed by atoms with Crippen molar-refractivity contribution >= 4 is 17.7 Å². The van der Waals surface area contributed by atoms with E-state index in [1.807, 2.05) is 6.26 Å². The standard InChI is InChI=1S/C10H18O3S/c1-14-7-3-5-10(9(11)12)4-2-6-13-8-10/h2-8H2,1H3,(H,11,12). The molecule has 82 valence electrons. The predicted molar refractivity (Wildman–Crippen MR) is 57.7 cm³/mol. The third-order valence-corrected chi connectivity index (χ3v) is 3.48. The monoisotopic (exact) mass is 218 g/mol. The van der Waals surface area contributed by atoms with Crippen molar-refractivity contribution < 1.29 is 14.6 Å². The molecule has 1 saturated heterocycles. The molecule has 14 heavy (non-hydrogen) atoms. The highest BCUT2D eigenvalue weighted by Crippen LogP contribution is 2.34. The molecule has 1 rings (SSSR count). The van der Waals surface area contributed by atoms with Gasteiger partial charge >= 0.3 is 5.97 Å². The molecule has 0 spiro atoms. The first-order valence-electron chi connectivity index (χ1n) is 5.01. The van der Waals surface area contributed by atoms with Crippen LogP contribution in [0, 0.1) is 5.41 Å². The molecule has 1 aliphatic heterocycles. The van der Waals surface area contributed by atoms with E-state index in [1.54, 1.807) is 11.8 Å². The van der Waals surface area contributed by atoms with Gasteiger partial charge in [-0.15, -0.1) is 0 Å². The van der Waals surface area contributed by atoms with E-state index in [9.17, 15) is 9.90 Å². The number of ether oxygens (including phenoxy) is 1. The molecule has 0 amide bonds. The summed E-state index contributed by atoms with van der Waals surface area (Å²) in [5.41, 5.74) is -0.589. The summed E-state index contributed by atoms with van der Waals surface area (Å²) in [7, 11) is 0. The number of aliphatic carboxylic acids is 1. The number of hydrogen-bond donors (Lipinski definition) is 1. The highest BCUT2D eigenvalue weighted by Gasteiger charge is 2.39. The first-order valence-corrected chi connectivity index (χ1v) is 6.41. The van der Waals surface area contributed by atoms with Crippen LogP contribution in [0.25, 0.3) is 0 Å². The average Bonchev–Trinajstić information content (AvgIpc) is 2.19. The van der Waals surface area contributed by atoms with Gasteiger partial charge in [-0.25, -0.2) is 0 Å². The van der Waals surface area contributed by atoms with Gasteiger partial charge in [0.25, 0.3) is 0 Å². The Morgan fingerprint density at radius 3 is 2.93 bits per heavy atom. The topological polar surface area (TPSA) is 46.5 Å². The van der Waals surface area contributed by atoms with Gasteiger partial charge < -0.3 is 9.84 Å². The lowest BCUT2D eigenvalue weighted by Crippen LogP contribution is -2.39. The molecule has 1 heterocycles. The zero-order chi connectivity index (χ0) is 10.4. The van der Waals surface area contributed by atoms with Gasteiger partial charge in [0.15, 0.2) is 0 Å². The summed E-state index contributed by atoms with van der Waals surface area (Å²) in [6.07, 6.45) is 5.42. The Morgan fingerprint density at radius 1 is 1.64 bits per heavy atom. The Morgan fingerprint density at radius 2 is 2.43 bits per heavy atom. The number of carbonyl (C=O) groups is 1. The van der Waals surface area contributed by atoms with Crippen molar-refractivity contribution in [2.24, 2.45) is 5.41 Å². The van der Waals surface area contributed by atoms with E-state index in [1.165, 1.54) is 0 Å². The van der Waals surface area contributed by atoms with Gasteiger partial charge in [-0.2, -0.15) is 11.8 Å². The lowest BCUT2D eigenvalue weighted by molar-refractivity contribution is -0.158. The summed E-state index contributed by atoms with van der Waals surface area (Å²) in [5.74, 6) is 0.355. The average molecular weight is 218 g/mol. The van der Waals surface area contributed by atoms with Crippen molar-refractivity contribution in [3.05, 3.63) is 0 Å². The van der Waals surface area contributed by atoms with E-state index in [4.69, 9.17) is 4.74 Å². The van der Waals surface area contributed by atoms with E-state index in [2.05, 4.69) is 0 Å². The van der Waals surface area contributed by atoms with Crippen molar-refractivity contribution in [3.63, 3.8) is 0 Å². The SMILES string of the molecule is CSCCCC1(C(=O)O)CCCOC1. The van der Waals surface area contributed by atoms with Crippen LogP contribution in [0.15, 0.2) is 0 Å². The number of carboxylic acid groups (broad SMARTS) is 1. The van der Waals surface area contributed by atoms with Crippen LogP contribution < -0.4 is 0 Å². The van der Waals surface area contributed by atoms with Crippen molar-refractivity contribution in [1.82, 2.24) is 0 Å². The maximum absolute atomic E-state index is 11.2. The Kier molecular flexibility index (Phi) is 4.75. The molecule has 0 radical (unpaired) electrons. The lowest BCUT2D eigenvalue weighted by Gasteiger charge is -2.32. The van der Waals surface area contributed by atoms with Gasteiger partial charge in [0.2, 0.25) is 0 Å². The molecular weight excluding hydrogens is 200 g/mol. The van der Waals surface area contributed by atoms with E-state index in [0.717, 1.165) is 38.0 Å². The minimum atomic E-state index is -0.682. The van der Waals surface area contributed by atoms with Crippen molar-refractivity contribution in [2.75, 3.05) is 25.2 Å². The van der Waals surface area contributed by atoms with Crippen LogP contribution in [0.5, 0.6) is 0 Å². The van der Waals surface area contributed by atoms with Crippen LogP contribution >= 0.6 is 11.8 Å². The van der Waals surface area contributed by atoms with E-state index >= 15 is 0 Å². The Labute approximate surface area is 89.2 Å². The van der Waals surface area contributed by atoms with Gasteiger partial charge in [-0.1, -0.05) is 0 Å². The number of carboxylic acids is 1. The molecule has 0 bridgehead atoms. The fraction of sp³-hybridized carbons (Fsp3) is 0.900. The van der Waals surface area contributed by atoms with Crippen LogP contribution in [-0.2, 0) is 9.53 Å². The van der Waals surface area contributed by atoms with Crippen LogP contribution in [0.3, 0.4) is 0 Å². The minimum absolute atomic E-state index is 0.400. The highest BCUT2D eigenvalue weighted by atomic mass is 32.2. The second-order valence-electron chi connectivity index (χ2n) is 3.84. The fourth-order valence-electron chi connectivity index (χ4n) is 1.88. The number of thioether (sulfide) groups is 1. The molecule has 1 aliphatic rings. The van der Waals surface area contributed by atoms with E-state index < -0.39 is 11.4 Å². The van der Waals surface area contributed by atoms with Gasteiger partial charge in [0, 0.05) is 6.61 Å². The third kappa shape index (κ3) is 2.89. The summed E-state index contributed by atoms with van der Waals surface area (Å²) in [6, 6.07) is 0. The van der Waals surface area contributed by atoms with Crippen molar-refractivity contribution in [1.29, 1.82) is 0 Å². The summed E-state index contributed by atoms with van der Waals surface area (Å²) < 4.78 is 5.29. The molecule has 0 aromatic rings. The minimum Gasteiger partial charge on any atom is -0.481 e. The number of hydrogen-bond acceptors (Lipinski definition) is 3. The Hall–Kier alpha value is -0.220. The highest BCUT2D eigenvalue weighted by molar-refractivity contribution is 7.98. The molecular formula is C10H18O3S. The maximum Gasteiger partial charge on any atom is 0.311 e. The first kappa shape index (κ1) is 11.9. The second kappa shape index (κ2) is 5.61. The molecule has 1 unspecified atom stereocenters. The second-order valence-corrected chi connectivity index (χ2v) is 4.82. The largest absolute Gasteiger partial charge is 0.481 e.